The molecule has 0 unspecified atom stereocenters. The normalized spacial score (nSPS) is 14.8. The van der Waals surface area contributed by atoms with E-state index in [9.17, 15) is 4.79 Å². The molecule has 4 rings (SSSR count). The van der Waals surface area contributed by atoms with E-state index in [2.05, 4.69) is 10.2 Å². The summed E-state index contributed by atoms with van der Waals surface area (Å²) < 4.78 is 2.03. The van der Waals surface area contributed by atoms with Gasteiger partial charge in [-0.25, -0.2) is 0 Å². The number of carboxylic acid groups (broad SMARTS) is 1. The summed E-state index contributed by atoms with van der Waals surface area (Å²) in [6, 6.07) is 9.65. The van der Waals surface area contributed by atoms with Crippen LogP contribution in [-0.2, 0) is 16.8 Å². The summed E-state index contributed by atoms with van der Waals surface area (Å²) >= 11 is 8.06. The largest absolute Gasteiger partial charge is 0.481 e. The highest BCUT2D eigenvalue weighted by molar-refractivity contribution is 7.15. The summed E-state index contributed by atoms with van der Waals surface area (Å²) in [4.78, 5) is 17.1. The van der Waals surface area contributed by atoms with E-state index < -0.39 is 11.5 Å². The van der Waals surface area contributed by atoms with Crippen molar-refractivity contribution in [2.75, 3.05) is 0 Å². The molecule has 1 N–H and O–H groups in total. The second kappa shape index (κ2) is 6.83. The molecular formula is C20H19ClN4O2S. The average molecular weight is 415 g/mol. The molecule has 1 aliphatic rings. The molecular weight excluding hydrogens is 396 g/mol. The molecule has 8 heteroatoms. The number of hydrogen-bond donors (Lipinski definition) is 1. The van der Waals surface area contributed by atoms with Gasteiger partial charge in [0.2, 0.25) is 0 Å². The summed E-state index contributed by atoms with van der Waals surface area (Å²) in [5.74, 6) is 0.706. The highest BCUT2D eigenvalue weighted by Gasteiger charge is 2.35. The lowest BCUT2D eigenvalue weighted by Gasteiger charge is -2.18. The minimum Gasteiger partial charge on any atom is -0.481 e. The number of carbonyl (C=O) groups is 1. The first-order chi connectivity index (χ1) is 13.3. The standard InChI is InChI=1S/C20H19ClN4O2S/c1-11-23-24-19-20(2,3)22-17(13-6-4-5-7-15(13)21)14-10-12(8-9-16(26)27)28-18(14)25(11)19/h4-7,10H,8-9H2,1-3H3,(H,26,27). The maximum atomic E-state index is 11.0. The van der Waals surface area contributed by atoms with Crippen molar-refractivity contribution in [2.45, 2.75) is 39.2 Å². The van der Waals surface area contributed by atoms with Crippen LogP contribution in [0.5, 0.6) is 0 Å². The summed E-state index contributed by atoms with van der Waals surface area (Å²) in [5, 5.41) is 19.3. The lowest BCUT2D eigenvalue weighted by Crippen LogP contribution is -2.20. The molecule has 0 saturated heterocycles. The molecule has 0 amide bonds. The van der Waals surface area contributed by atoms with Crippen molar-refractivity contribution < 1.29 is 9.90 Å². The molecule has 0 bridgehead atoms. The molecule has 0 radical (unpaired) electrons. The molecule has 3 heterocycles. The van der Waals surface area contributed by atoms with Crippen LogP contribution in [0.4, 0.5) is 0 Å². The van der Waals surface area contributed by atoms with Crippen molar-refractivity contribution in [3.8, 4) is 5.00 Å². The number of carboxylic acids is 1. The molecule has 0 spiro atoms. The summed E-state index contributed by atoms with van der Waals surface area (Å²) in [6.45, 7) is 5.92. The second-order valence-corrected chi connectivity index (χ2v) is 8.75. The van der Waals surface area contributed by atoms with Crippen molar-refractivity contribution >= 4 is 34.6 Å². The Morgan fingerprint density at radius 3 is 2.71 bits per heavy atom. The quantitative estimate of drug-likeness (QED) is 0.686. The Hall–Kier alpha value is -2.51. The number of aliphatic carboxylic acids is 1. The summed E-state index contributed by atoms with van der Waals surface area (Å²) in [7, 11) is 0. The molecule has 0 fully saturated rings. The predicted octanol–water partition coefficient (Wildman–Crippen LogP) is 4.39. The van der Waals surface area contributed by atoms with E-state index in [1.807, 2.05) is 55.7 Å². The fourth-order valence-corrected chi connectivity index (χ4v) is 4.80. The van der Waals surface area contributed by atoms with Gasteiger partial charge in [0.05, 0.1) is 12.1 Å². The van der Waals surface area contributed by atoms with Crippen LogP contribution in [0, 0.1) is 6.92 Å². The van der Waals surface area contributed by atoms with Crippen LogP contribution in [0.25, 0.3) is 5.00 Å². The lowest BCUT2D eigenvalue weighted by atomic mass is 10.0. The van der Waals surface area contributed by atoms with Gasteiger partial charge in [0.1, 0.15) is 16.4 Å². The maximum Gasteiger partial charge on any atom is 0.303 e. The Morgan fingerprint density at radius 2 is 2.00 bits per heavy atom. The molecule has 144 valence electrons. The molecule has 3 aromatic rings. The number of halogens is 1. The van der Waals surface area contributed by atoms with Gasteiger partial charge in [-0.15, -0.1) is 21.5 Å². The van der Waals surface area contributed by atoms with Crippen molar-refractivity contribution in [3.05, 3.63) is 63.0 Å². The van der Waals surface area contributed by atoms with E-state index in [4.69, 9.17) is 21.7 Å². The van der Waals surface area contributed by atoms with Gasteiger partial charge in [-0.05, 0) is 39.3 Å². The van der Waals surface area contributed by atoms with Gasteiger partial charge in [-0.3, -0.25) is 14.4 Å². The Bertz CT molecular complexity index is 1110. The van der Waals surface area contributed by atoms with E-state index >= 15 is 0 Å². The molecule has 2 aromatic heterocycles. The zero-order chi connectivity index (χ0) is 20.1. The van der Waals surface area contributed by atoms with Crippen molar-refractivity contribution in [1.82, 2.24) is 14.8 Å². The van der Waals surface area contributed by atoms with Crippen molar-refractivity contribution in [2.24, 2.45) is 4.99 Å². The number of benzene rings is 1. The highest BCUT2D eigenvalue weighted by Crippen LogP contribution is 2.39. The van der Waals surface area contributed by atoms with Gasteiger partial charge in [-0.1, -0.05) is 29.8 Å². The lowest BCUT2D eigenvalue weighted by molar-refractivity contribution is -0.136. The van der Waals surface area contributed by atoms with E-state index in [0.29, 0.717) is 11.4 Å². The third kappa shape index (κ3) is 3.14. The van der Waals surface area contributed by atoms with Gasteiger partial charge >= 0.3 is 5.97 Å². The van der Waals surface area contributed by atoms with Gasteiger partial charge in [0, 0.05) is 21.0 Å². The summed E-state index contributed by atoms with van der Waals surface area (Å²) in [5.41, 5.74) is 1.95. The topological polar surface area (TPSA) is 80.4 Å². The third-order valence-corrected chi connectivity index (χ3v) is 6.21. The predicted molar refractivity (Wildman–Crippen MR) is 110 cm³/mol. The van der Waals surface area contributed by atoms with Crippen LogP contribution in [0.2, 0.25) is 5.02 Å². The maximum absolute atomic E-state index is 11.0. The number of thiophene rings is 1. The molecule has 0 aliphatic carbocycles. The number of fused-ring (bicyclic) bond motifs is 3. The van der Waals surface area contributed by atoms with Crippen LogP contribution >= 0.6 is 22.9 Å². The Labute approximate surface area is 171 Å². The van der Waals surface area contributed by atoms with Gasteiger partial charge in [0.25, 0.3) is 0 Å². The third-order valence-electron chi connectivity index (χ3n) is 4.70. The van der Waals surface area contributed by atoms with Crippen LogP contribution in [0.1, 0.15) is 47.9 Å². The smallest absolute Gasteiger partial charge is 0.303 e. The number of nitrogens with zero attached hydrogens (tertiary/aromatic N) is 4. The molecule has 1 aromatic carbocycles. The van der Waals surface area contributed by atoms with E-state index in [-0.39, 0.29) is 6.42 Å². The van der Waals surface area contributed by atoms with Crippen LogP contribution in [-0.4, -0.2) is 31.6 Å². The first-order valence-corrected chi connectivity index (χ1v) is 10.1. The molecule has 28 heavy (non-hydrogen) atoms. The molecule has 1 aliphatic heterocycles. The van der Waals surface area contributed by atoms with Crippen molar-refractivity contribution in [1.29, 1.82) is 0 Å². The number of aromatic nitrogens is 3. The number of aliphatic imine (C=N–C) groups is 1. The minimum atomic E-state index is -0.814. The van der Waals surface area contributed by atoms with Crippen LogP contribution in [0.3, 0.4) is 0 Å². The average Bonchev–Trinajstić information content (AvgIpc) is 3.20. The highest BCUT2D eigenvalue weighted by atomic mass is 35.5. The Balaban J connectivity index is 1.98. The first kappa shape index (κ1) is 18.8. The summed E-state index contributed by atoms with van der Waals surface area (Å²) in [6.07, 6.45) is 0.542. The Morgan fingerprint density at radius 1 is 1.25 bits per heavy atom. The number of rotatable bonds is 4. The van der Waals surface area contributed by atoms with Gasteiger partial charge in [0.15, 0.2) is 5.82 Å². The zero-order valence-electron chi connectivity index (χ0n) is 15.7. The number of hydrogen-bond acceptors (Lipinski definition) is 5. The molecule has 0 saturated carbocycles. The minimum absolute atomic E-state index is 0.0808. The van der Waals surface area contributed by atoms with Crippen LogP contribution < -0.4 is 0 Å². The Kier molecular flexibility index (Phi) is 4.59. The fourth-order valence-electron chi connectivity index (χ4n) is 3.37. The monoisotopic (exact) mass is 414 g/mol. The SMILES string of the molecule is Cc1nnc2n1-c1sc(CCC(=O)O)cc1C(c1ccccc1Cl)=NC2(C)C. The zero-order valence-corrected chi connectivity index (χ0v) is 17.3. The number of aryl methyl sites for hydroxylation is 2. The van der Waals surface area contributed by atoms with Crippen LogP contribution in [0.15, 0.2) is 35.3 Å². The van der Waals surface area contributed by atoms with E-state index in [0.717, 1.165) is 38.4 Å². The first-order valence-electron chi connectivity index (χ1n) is 8.90. The molecule has 0 atom stereocenters. The second-order valence-electron chi connectivity index (χ2n) is 7.23. The van der Waals surface area contributed by atoms with E-state index in [1.54, 1.807) is 11.3 Å². The van der Waals surface area contributed by atoms with E-state index in [1.165, 1.54) is 0 Å². The molecule has 6 nitrogen and oxygen atoms in total. The van der Waals surface area contributed by atoms with Gasteiger partial charge in [-0.2, -0.15) is 0 Å². The van der Waals surface area contributed by atoms with Crippen molar-refractivity contribution in [3.63, 3.8) is 0 Å². The van der Waals surface area contributed by atoms with Gasteiger partial charge < -0.3 is 5.11 Å². The fraction of sp³-hybridized carbons (Fsp3) is 0.300.